The summed E-state index contributed by atoms with van der Waals surface area (Å²) in [5.41, 5.74) is 1.83. The second kappa shape index (κ2) is 7.15. The molecule has 0 unspecified atom stereocenters. The first-order valence-corrected chi connectivity index (χ1v) is 9.58. The molecule has 2 aliphatic rings. The zero-order valence-corrected chi connectivity index (χ0v) is 15.5. The van der Waals surface area contributed by atoms with Gasteiger partial charge in [-0.15, -0.1) is 5.10 Å². The van der Waals surface area contributed by atoms with Crippen LogP contribution in [0.25, 0.3) is 11.0 Å². The van der Waals surface area contributed by atoms with Gasteiger partial charge < -0.3 is 4.74 Å². The average molecular weight is 415 g/mol. The number of rotatable bonds is 6. The number of nitrogens with zero attached hydrogens (tertiary/aromatic N) is 4. The molecule has 1 saturated carbocycles. The summed E-state index contributed by atoms with van der Waals surface area (Å²) in [6.07, 6.45) is 1.83. The number of hydrogen-bond donors (Lipinski definition) is 0. The van der Waals surface area contributed by atoms with Crippen LogP contribution < -0.4 is 4.74 Å². The van der Waals surface area contributed by atoms with Crippen molar-refractivity contribution in [3.8, 4) is 5.75 Å². The first-order chi connectivity index (χ1) is 12.1. The molecule has 0 N–H and O–H groups in total. The highest BCUT2D eigenvalue weighted by Gasteiger charge is 2.25. The quantitative estimate of drug-likeness (QED) is 0.722. The van der Waals surface area contributed by atoms with E-state index in [4.69, 9.17) is 4.74 Å². The van der Waals surface area contributed by atoms with Crippen LogP contribution in [-0.2, 0) is 6.54 Å². The molecule has 4 rings (SSSR count). The molecule has 0 amide bonds. The van der Waals surface area contributed by atoms with E-state index in [1.807, 2.05) is 16.8 Å². The fraction of sp³-hybridized carbons (Fsp3) is 0.647. The zero-order valence-electron chi connectivity index (χ0n) is 13.9. The normalized spacial score (nSPS) is 19.8. The molecule has 25 heavy (non-hydrogen) atoms. The topological polar surface area (TPSA) is 43.2 Å². The first-order valence-electron chi connectivity index (χ1n) is 8.79. The van der Waals surface area contributed by atoms with Gasteiger partial charge in [0.15, 0.2) is 0 Å². The van der Waals surface area contributed by atoms with E-state index in [0.29, 0.717) is 13.1 Å². The lowest BCUT2D eigenvalue weighted by Gasteiger charge is -2.32. The van der Waals surface area contributed by atoms with Gasteiger partial charge in [0.25, 0.3) is 6.43 Å². The van der Waals surface area contributed by atoms with Crippen LogP contribution in [0, 0.1) is 5.92 Å². The molecule has 2 fully saturated rings. The maximum atomic E-state index is 12.5. The zero-order chi connectivity index (χ0) is 17.4. The predicted molar refractivity (Wildman–Crippen MR) is 94.0 cm³/mol. The monoisotopic (exact) mass is 414 g/mol. The third kappa shape index (κ3) is 3.95. The summed E-state index contributed by atoms with van der Waals surface area (Å²) >= 11 is 3.60. The van der Waals surface area contributed by atoms with E-state index < -0.39 is 6.43 Å². The molecule has 1 aliphatic carbocycles. The van der Waals surface area contributed by atoms with E-state index in [1.165, 1.54) is 12.8 Å². The highest BCUT2D eigenvalue weighted by Crippen LogP contribution is 2.35. The Morgan fingerprint density at radius 1 is 1.20 bits per heavy atom. The smallest absolute Gasteiger partial charge is 0.251 e. The molecule has 0 radical (unpaired) electrons. The van der Waals surface area contributed by atoms with Gasteiger partial charge in [0.1, 0.15) is 17.4 Å². The fourth-order valence-corrected chi connectivity index (χ4v) is 3.85. The lowest BCUT2D eigenvalue weighted by atomic mass is 10.1. The van der Waals surface area contributed by atoms with E-state index in [9.17, 15) is 8.78 Å². The molecule has 1 aliphatic heterocycles. The summed E-state index contributed by atoms with van der Waals surface area (Å²) in [6, 6.07) is 3.95. The van der Waals surface area contributed by atoms with Crippen LogP contribution in [0.1, 0.15) is 25.7 Å². The molecule has 2 aromatic rings. The lowest BCUT2D eigenvalue weighted by molar-refractivity contribution is 0.0477. The number of likely N-dealkylation sites (tertiary alicyclic amines) is 1. The molecule has 1 aromatic carbocycles. The number of halogens is 3. The van der Waals surface area contributed by atoms with Gasteiger partial charge in [-0.2, -0.15) is 0 Å². The van der Waals surface area contributed by atoms with Crippen molar-refractivity contribution in [3.63, 3.8) is 0 Å². The van der Waals surface area contributed by atoms with Crippen molar-refractivity contribution in [2.45, 2.75) is 44.8 Å². The SMILES string of the molecule is FC(F)CN1CCC(Oc2ccc3c(nnn3CC3CC3)c2Br)CC1. The minimum absolute atomic E-state index is 0.0455. The van der Waals surface area contributed by atoms with E-state index in [-0.39, 0.29) is 12.6 Å². The fourth-order valence-electron chi connectivity index (χ4n) is 3.34. The Labute approximate surface area is 153 Å². The largest absolute Gasteiger partial charge is 0.489 e. The lowest BCUT2D eigenvalue weighted by Crippen LogP contribution is -2.40. The van der Waals surface area contributed by atoms with E-state index >= 15 is 0 Å². The second-order valence-electron chi connectivity index (χ2n) is 6.97. The molecule has 2 heterocycles. The molecule has 8 heteroatoms. The summed E-state index contributed by atoms with van der Waals surface area (Å²) in [4.78, 5) is 1.80. The van der Waals surface area contributed by atoms with Gasteiger partial charge in [0.2, 0.25) is 0 Å². The third-order valence-corrected chi connectivity index (χ3v) is 5.71. The van der Waals surface area contributed by atoms with Crippen LogP contribution in [0.4, 0.5) is 8.78 Å². The highest BCUT2D eigenvalue weighted by atomic mass is 79.9. The van der Waals surface area contributed by atoms with Gasteiger partial charge in [-0.3, -0.25) is 4.90 Å². The average Bonchev–Trinajstić information content (AvgIpc) is 3.30. The van der Waals surface area contributed by atoms with Crippen molar-refractivity contribution >= 4 is 27.0 Å². The van der Waals surface area contributed by atoms with Gasteiger partial charge in [-0.05, 0) is 59.7 Å². The van der Waals surface area contributed by atoms with Crippen LogP contribution in [0.5, 0.6) is 5.75 Å². The standard InChI is InChI=1S/C17H21BrF2N4O/c18-16-14(25-12-5-7-23(8-6-12)10-15(19)20)4-3-13-17(16)21-22-24(13)9-11-1-2-11/h3-4,11-12,15H,1-2,5-10H2. The van der Waals surface area contributed by atoms with Crippen molar-refractivity contribution < 1.29 is 13.5 Å². The van der Waals surface area contributed by atoms with Crippen molar-refractivity contribution in [2.24, 2.45) is 5.92 Å². The highest BCUT2D eigenvalue weighted by molar-refractivity contribution is 9.10. The summed E-state index contributed by atoms with van der Waals surface area (Å²) in [6.45, 7) is 2.07. The molecule has 136 valence electrons. The van der Waals surface area contributed by atoms with Crippen molar-refractivity contribution in [2.75, 3.05) is 19.6 Å². The Bertz CT molecular complexity index is 742. The number of benzene rings is 1. The van der Waals surface area contributed by atoms with Crippen molar-refractivity contribution in [1.82, 2.24) is 19.9 Å². The van der Waals surface area contributed by atoms with Gasteiger partial charge in [0.05, 0.1) is 16.5 Å². The molecule has 0 spiro atoms. The number of fused-ring (bicyclic) bond motifs is 1. The Morgan fingerprint density at radius 2 is 1.96 bits per heavy atom. The molecule has 1 aromatic heterocycles. The number of ether oxygens (including phenoxy) is 1. The summed E-state index contributed by atoms with van der Waals surface area (Å²) < 4.78 is 33.8. The molecular weight excluding hydrogens is 394 g/mol. The Balaban J connectivity index is 1.42. The maximum absolute atomic E-state index is 12.5. The van der Waals surface area contributed by atoms with Gasteiger partial charge in [-0.1, -0.05) is 5.21 Å². The second-order valence-corrected chi connectivity index (χ2v) is 7.76. The molecule has 0 bridgehead atoms. The minimum atomic E-state index is -2.27. The van der Waals surface area contributed by atoms with Crippen molar-refractivity contribution in [1.29, 1.82) is 0 Å². The van der Waals surface area contributed by atoms with Crippen LogP contribution in [0.2, 0.25) is 0 Å². The third-order valence-electron chi connectivity index (χ3n) is 4.94. The maximum Gasteiger partial charge on any atom is 0.251 e. The van der Waals surface area contributed by atoms with Gasteiger partial charge >= 0.3 is 0 Å². The number of aromatic nitrogens is 3. The summed E-state index contributed by atoms with van der Waals surface area (Å²) in [7, 11) is 0. The summed E-state index contributed by atoms with van der Waals surface area (Å²) in [5.74, 6) is 1.48. The number of alkyl halides is 2. The predicted octanol–water partition coefficient (Wildman–Crippen LogP) is 3.71. The summed E-state index contributed by atoms with van der Waals surface area (Å²) in [5, 5.41) is 8.56. The van der Waals surface area contributed by atoms with Gasteiger partial charge in [-0.25, -0.2) is 13.5 Å². The van der Waals surface area contributed by atoms with E-state index in [0.717, 1.165) is 46.6 Å². The van der Waals surface area contributed by atoms with Crippen LogP contribution in [0.15, 0.2) is 16.6 Å². The first kappa shape index (κ1) is 17.1. The van der Waals surface area contributed by atoms with Crippen molar-refractivity contribution in [3.05, 3.63) is 16.6 Å². The van der Waals surface area contributed by atoms with Crippen LogP contribution in [-0.4, -0.2) is 52.1 Å². The Morgan fingerprint density at radius 3 is 2.64 bits per heavy atom. The Hall–Kier alpha value is -1.28. The van der Waals surface area contributed by atoms with E-state index in [1.54, 1.807) is 4.90 Å². The molecule has 1 saturated heterocycles. The van der Waals surface area contributed by atoms with Crippen LogP contribution >= 0.6 is 15.9 Å². The van der Waals surface area contributed by atoms with Crippen LogP contribution in [0.3, 0.4) is 0 Å². The van der Waals surface area contributed by atoms with E-state index in [2.05, 4.69) is 26.2 Å². The molecular formula is C17H21BrF2N4O. The minimum Gasteiger partial charge on any atom is -0.489 e. The molecule has 5 nitrogen and oxygen atoms in total. The molecule has 0 atom stereocenters. The number of piperidine rings is 1. The van der Waals surface area contributed by atoms with Gasteiger partial charge in [0, 0.05) is 19.6 Å². The Kier molecular flexibility index (Phi) is 4.90. The number of hydrogen-bond acceptors (Lipinski definition) is 4.